The van der Waals surface area contributed by atoms with Crippen molar-refractivity contribution in [2.75, 3.05) is 19.8 Å². The highest BCUT2D eigenvalue weighted by molar-refractivity contribution is 9.11. The molecule has 334 valence electrons. The quantitative estimate of drug-likeness (QED) is 0.0820. The molecule has 1 aromatic heterocycles. The van der Waals surface area contributed by atoms with E-state index < -0.39 is 18.4 Å². The fourth-order valence-electron chi connectivity index (χ4n) is 8.51. The Labute approximate surface area is 415 Å². The highest BCUT2D eigenvalue weighted by Gasteiger charge is 2.26. The minimum absolute atomic E-state index is 0.0101. The summed E-state index contributed by atoms with van der Waals surface area (Å²) in [6.45, 7) is 7.71. The van der Waals surface area contributed by atoms with Gasteiger partial charge in [-0.05, 0) is 103 Å². The third-order valence-electron chi connectivity index (χ3n) is 11.1. The van der Waals surface area contributed by atoms with E-state index in [-0.39, 0.29) is 11.4 Å². The van der Waals surface area contributed by atoms with Crippen LogP contribution in [0.4, 0.5) is 11.4 Å². The number of aromatic amines is 1. The predicted molar refractivity (Wildman–Crippen MR) is 282 cm³/mol. The summed E-state index contributed by atoms with van der Waals surface area (Å²) in [7, 11) is -1.06. The van der Waals surface area contributed by atoms with E-state index in [0.717, 1.165) is 40.6 Å². The number of nitrogens with one attached hydrogen (secondary N) is 1. The normalized spacial score (nSPS) is 11.6. The molecule has 0 fully saturated rings. The maximum absolute atomic E-state index is 11.6. The lowest BCUT2D eigenvalue weighted by atomic mass is 9.92. The number of nitrogens with zero attached hydrogens (tertiary/aromatic N) is 2. The van der Waals surface area contributed by atoms with Gasteiger partial charge >= 0.3 is 8.60 Å². The van der Waals surface area contributed by atoms with Crippen LogP contribution >= 0.6 is 72.3 Å². The molecule has 0 unspecified atom stereocenters. The van der Waals surface area contributed by atoms with E-state index in [1.165, 1.54) is 61.4 Å². The van der Waals surface area contributed by atoms with Crippen LogP contribution in [0.5, 0.6) is 0 Å². The van der Waals surface area contributed by atoms with Gasteiger partial charge in [-0.3, -0.25) is 20.2 Å². The number of para-hydroxylation sites is 3. The van der Waals surface area contributed by atoms with Gasteiger partial charge in [-0.1, -0.05) is 143 Å². The fourth-order valence-corrected chi connectivity index (χ4v) is 11.7. The zero-order chi connectivity index (χ0) is 46.6. The van der Waals surface area contributed by atoms with Gasteiger partial charge in [0, 0.05) is 73.4 Å². The van der Waals surface area contributed by atoms with Gasteiger partial charge in [0.1, 0.15) is 0 Å². The van der Waals surface area contributed by atoms with Crippen LogP contribution in [0.3, 0.4) is 0 Å². The Balaban J connectivity index is 0.000000150. The Morgan fingerprint density at radius 2 is 0.985 bits per heavy atom. The van der Waals surface area contributed by atoms with Crippen LogP contribution in [-0.4, -0.2) is 34.7 Å². The Morgan fingerprint density at radius 1 is 0.500 bits per heavy atom. The Bertz CT molecular complexity index is 3210. The summed E-state index contributed by atoms with van der Waals surface area (Å²) < 4.78 is 19.2. The first-order chi connectivity index (χ1) is 32.0. The molecule has 1 aliphatic carbocycles. The highest BCUT2D eigenvalue weighted by Crippen LogP contribution is 2.50. The number of halogens is 4. The largest absolute Gasteiger partial charge is 0.354 e. The zero-order valence-electron chi connectivity index (χ0n) is 35.7. The Morgan fingerprint density at radius 3 is 1.53 bits per heavy atom. The van der Waals surface area contributed by atoms with Crippen molar-refractivity contribution in [2.24, 2.45) is 0 Å². The number of hydrogen-bond donors (Lipinski definition) is 1. The summed E-state index contributed by atoms with van der Waals surface area (Å²) in [5.74, 6) is 0. The molecule has 1 N–H and O–H groups in total. The van der Waals surface area contributed by atoms with Crippen molar-refractivity contribution < 1.29 is 23.4 Å². The summed E-state index contributed by atoms with van der Waals surface area (Å²) in [5.41, 5.74) is 10.1. The second-order valence-corrected chi connectivity index (χ2v) is 19.5. The van der Waals surface area contributed by atoms with E-state index >= 15 is 0 Å². The van der Waals surface area contributed by atoms with E-state index in [2.05, 4.69) is 129 Å². The first kappa shape index (κ1) is 47.6. The molecule has 9 aromatic rings. The molecule has 8 aromatic carbocycles. The molecular formula is C51H40Br4N3O7P. The lowest BCUT2D eigenvalue weighted by Crippen LogP contribution is -1.95. The van der Waals surface area contributed by atoms with Crippen LogP contribution < -0.4 is 0 Å². The van der Waals surface area contributed by atoms with Crippen molar-refractivity contribution in [2.45, 2.75) is 27.2 Å². The smallest absolute Gasteiger partial charge is 0.332 e. The lowest BCUT2D eigenvalue weighted by Gasteiger charge is -2.15. The number of rotatable bonds is 10. The molecule has 66 heavy (non-hydrogen) atoms. The number of nitro benzene ring substituents is 2. The van der Waals surface area contributed by atoms with Gasteiger partial charge in [0.2, 0.25) is 0 Å². The first-order valence-electron chi connectivity index (χ1n) is 21.0. The number of H-pyrrole nitrogens is 1. The van der Waals surface area contributed by atoms with Crippen molar-refractivity contribution >= 4 is 127 Å². The van der Waals surface area contributed by atoms with Crippen LogP contribution in [0.15, 0.2) is 151 Å². The van der Waals surface area contributed by atoms with Crippen molar-refractivity contribution in [1.29, 1.82) is 0 Å². The predicted octanol–water partition coefficient (Wildman–Crippen LogP) is 17.4. The molecule has 0 atom stereocenters. The zero-order valence-corrected chi connectivity index (χ0v) is 43.0. The SMILES string of the molecule is Brc1cc2[nH]c3ccccc3c2c2c(Br)cc3c(c12)-c1ccccc1C3.CCOP(OCC)OCC.O=[N+]([O-])c1ccccc1-c1ccc(Br)c2c(-c3ccccc3[N+](=O)[O-])ccc(Br)c12. The lowest BCUT2D eigenvalue weighted by molar-refractivity contribution is -0.384. The third-order valence-corrected chi connectivity index (χ3v) is 15.0. The third kappa shape index (κ3) is 9.35. The molecule has 10 nitrogen and oxygen atoms in total. The van der Waals surface area contributed by atoms with E-state index in [1.807, 2.05) is 32.9 Å². The molecule has 0 saturated heterocycles. The van der Waals surface area contributed by atoms with E-state index in [0.29, 0.717) is 42.1 Å². The minimum Gasteiger partial charge on any atom is -0.354 e. The average molecular weight is 1160 g/mol. The number of fused-ring (bicyclic) bond motifs is 10. The number of nitro groups is 2. The topological polar surface area (TPSA) is 130 Å². The minimum atomic E-state index is -1.06. The summed E-state index contributed by atoms with van der Waals surface area (Å²) >= 11 is 14.9. The second kappa shape index (κ2) is 21.0. The summed E-state index contributed by atoms with van der Waals surface area (Å²) in [4.78, 5) is 25.9. The van der Waals surface area contributed by atoms with Gasteiger partial charge in [0.25, 0.3) is 11.4 Å². The molecule has 0 bridgehead atoms. The molecule has 1 aliphatic rings. The fraction of sp³-hybridized carbons (Fsp3) is 0.137. The van der Waals surface area contributed by atoms with Crippen LogP contribution in [-0.2, 0) is 20.0 Å². The molecule has 0 radical (unpaired) electrons. The van der Waals surface area contributed by atoms with Gasteiger partial charge in [-0.15, -0.1) is 0 Å². The number of benzene rings is 8. The molecule has 0 spiro atoms. The van der Waals surface area contributed by atoms with Crippen LogP contribution in [0, 0.1) is 20.2 Å². The highest BCUT2D eigenvalue weighted by atomic mass is 79.9. The van der Waals surface area contributed by atoms with Crippen LogP contribution in [0.1, 0.15) is 31.9 Å². The van der Waals surface area contributed by atoms with Crippen LogP contribution in [0.2, 0.25) is 0 Å². The van der Waals surface area contributed by atoms with E-state index in [4.69, 9.17) is 13.6 Å². The van der Waals surface area contributed by atoms with Gasteiger partial charge in [-0.2, -0.15) is 0 Å². The Kier molecular flexibility index (Phi) is 15.1. The van der Waals surface area contributed by atoms with E-state index in [9.17, 15) is 20.2 Å². The summed E-state index contributed by atoms with van der Waals surface area (Å²) in [6.07, 6.45) is 0.998. The molecule has 1 heterocycles. The van der Waals surface area contributed by atoms with Crippen LogP contribution in [0.25, 0.3) is 76.7 Å². The number of aromatic nitrogens is 1. The molecule has 0 aliphatic heterocycles. The van der Waals surface area contributed by atoms with Gasteiger partial charge < -0.3 is 18.6 Å². The summed E-state index contributed by atoms with van der Waals surface area (Å²) in [5, 5.41) is 29.8. The van der Waals surface area contributed by atoms with Crippen molar-refractivity contribution in [3.63, 3.8) is 0 Å². The molecular weight excluding hydrogens is 1120 g/mol. The average Bonchev–Trinajstić information content (AvgIpc) is 3.87. The van der Waals surface area contributed by atoms with Crippen molar-refractivity contribution in [3.05, 3.63) is 183 Å². The molecule has 15 heteroatoms. The second-order valence-electron chi connectivity index (χ2n) is 14.9. The van der Waals surface area contributed by atoms with Gasteiger partial charge in [0.15, 0.2) is 0 Å². The standard InChI is InChI=1S/C23H13Br2N.C22H12Br2N2O4.C6H15O3P/c24-16-10-13-9-12-5-1-2-6-14(12)20(13)22-17(25)11-19-21(23(16)22)15-7-3-4-8-18(15)26-19;23-17-12-10-16(14-6-2-4-8-20(14)26(29)30)22-18(24)11-9-15(21(17)22)13-5-1-3-7-19(13)25(27)28;1-4-7-10(8-5-2)9-6-3/h1-8,10-11,26H,9H2;1-12H;4-6H2,1-3H3. The van der Waals surface area contributed by atoms with Gasteiger partial charge in [-0.25, -0.2) is 0 Å². The molecule has 0 amide bonds. The maximum atomic E-state index is 11.6. The Hall–Kier alpha value is -4.89. The van der Waals surface area contributed by atoms with E-state index in [1.54, 1.807) is 48.5 Å². The summed E-state index contributed by atoms with van der Waals surface area (Å²) in [6, 6.07) is 42.1. The number of hydrogen-bond acceptors (Lipinski definition) is 7. The van der Waals surface area contributed by atoms with Crippen molar-refractivity contribution in [1.82, 2.24) is 4.98 Å². The maximum Gasteiger partial charge on any atom is 0.332 e. The van der Waals surface area contributed by atoms with Gasteiger partial charge in [0.05, 0.1) is 40.8 Å². The monoisotopic (exact) mass is 1150 g/mol. The van der Waals surface area contributed by atoms with Crippen molar-refractivity contribution in [3.8, 4) is 33.4 Å². The first-order valence-corrected chi connectivity index (χ1v) is 25.2. The molecule has 0 saturated carbocycles. The molecule has 10 rings (SSSR count).